The van der Waals surface area contributed by atoms with Gasteiger partial charge in [-0.2, -0.15) is 0 Å². The summed E-state index contributed by atoms with van der Waals surface area (Å²) in [7, 11) is 0. The number of hydrogen-bond donors (Lipinski definition) is 1. The Labute approximate surface area is 143 Å². The van der Waals surface area contributed by atoms with Gasteiger partial charge in [-0.1, -0.05) is 0 Å². The van der Waals surface area contributed by atoms with E-state index in [1.807, 2.05) is 20.8 Å². The third-order valence-electron chi connectivity index (χ3n) is 3.27. The van der Waals surface area contributed by atoms with Crippen LogP contribution in [0, 0.1) is 0 Å². The fourth-order valence-electron chi connectivity index (χ4n) is 2.29. The summed E-state index contributed by atoms with van der Waals surface area (Å²) in [5.74, 6) is -0.512. The van der Waals surface area contributed by atoms with Gasteiger partial charge in [-0.3, -0.25) is 4.90 Å². The van der Waals surface area contributed by atoms with Crippen LogP contribution in [0.5, 0.6) is 5.75 Å². The molecule has 0 unspecified atom stereocenters. The van der Waals surface area contributed by atoms with E-state index in [0.29, 0.717) is 23.2 Å². The van der Waals surface area contributed by atoms with Crippen LogP contribution in [-0.2, 0) is 4.74 Å². The number of carboxylic acid groups (broad SMARTS) is 1. The minimum atomic E-state index is -1.01. The van der Waals surface area contributed by atoms with Gasteiger partial charge in [0, 0.05) is 17.4 Å². The molecule has 126 valence electrons. The van der Waals surface area contributed by atoms with Crippen molar-refractivity contribution in [3.8, 4) is 5.75 Å². The minimum Gasteiger partial charge on any atom is -0.478 e. The van der Waals surface area contributed by atoms with Gasteiger partial charge < -0.3 is 14.6 Å². The van der Waals surface area contributed by atoms with Crippen LogP contribution in [0.3, 0.4) is 0 Å². The molecule has 1 aliphatic rings. The Morgan fingerprint density at radius 1 is 1.35 bits per heavy atom. The lowest BCUT2D eigenvalue weighted by atomic mass is 10.2. The number of carbonyl (C=O) groups excluding carboxylic acids is 1. The molecule has 1 heterocycles. The van der Waals surface area contributed by atoms with Crippen LogP contribution in [0.2, 0.25) is 0 Å². The molecule has 1 atom stereocenters. The highest BCUT2D eigenvalue weighted by molar-refractivity contribution is 9.10. The summed E-state index contributed by atoms with van der Waals surface area (Å²) in [5.41, 5.74) is -0.399. The zero-order valence-electron chi connectivity index (χ0n) is 13.3. The normalized spacial score (nSPS) is 17.9. The maximum absolute atomic E-state index is 12.2. The van der Waals surface area contributed by atoms with Crippen molar-refractivity contribution in [2.24, 2.45) is 0 Å². The molecular weight excluding hydrogens is 366 g/mol. The predicted octanol–water partition coefficient (Wildman–Crippen LogP) is 3.88. The summed E-state index contributed by atoms with van der Waals surface area (Å²) in [6.07, 6.45) is 0.726. The van der Waals surface area contributed by atoms with E-state index < -0.39 is 23.9 Å². The van der Waals surface area contributed by atoms with Gasteiger partial charge in [0.2, 0.25) is 0 Å². The van der Waals surface area contributed by atoms with E-state index >= 15 is 0 Å². The number of amides is 1. The monoisotopic (exact) mass is 385 g/mol. The molecule has 2 rings (SSSR count). The van der Waals surface area contributed by atoms with Crippen molar-refractivity contribution in [1.29, 1.82) is 0 Å². The van der Waals surface area contributed by atoms with Crippen molar-refractivity contribution in [2.75, 3.05) is 6.54 Å². The Bertz CT molecular complexity index is 611. The molecule has 1 saturated heterocycles. The number of ether oxygens (including phenoxy) is 2. The maximum Gasteiger partial charge on any atom is 0.413 e. The van der Waals surface area contributed by atoms with Gasteiger partial charge in [0.05, 0.1) is 5.56 Å². The summed E-state index contributed by atoms with van der Waals surface area (Å²) in [6.45, 7) is 6.03. The fourth-order valence-corrected chi connectivity index (χ4v) is 2.82. The molecule has 23 heavy (non-hydrogen) atoms. The molecule has 1 amide bonds. The van der Waals surface area contributed by atoms with E-state index in [0.717, 1.165) is 6.42 Å². The summed E-state index contributed by atoms with van der Waals surface area (Å²) < 4.78 is 11.7. The van der Waals surface area contributed by atoms with Crippen molar-refractivity contribution in [2.45, 2.75) is 45.4 Å². The molecule has 0 spiro atoms. The summed E-state index contributed by atoms with van der Waals surface area (Å²) >= 11 is 3.21. The van der Waals surface area contributed by atoms with E-state index in [2.05, 4.69) is 15.9 Å². The number of hydrogen-bond acceptors (Lipinski definition) is 4. The highest BCUT2D eigenvalue weighted by Gasteiger charge is 2.33. The second kappa shape index (κ2) is 6.78. The topological polar surface area (TPSA) is 76.1 Å². The Hall–Kier alpha value is -1.76. The second-order valence-electron chi connectivity index (χ2n) is 6.34. The van der Waals surface area contributed by atoms with Crippen molar-refractivity contribution < 1.29 is 24.2 Å². The van der Waals surface area contributed by atoms with Gasteiger partial charge in [0.15, 0.2) is 6.23 Å². The molecule has 0 radical (unpaired) electrons. The Kier molecular flexibility index (Phi) is 5.19. The minimum absolute atomic E-state index is 0.160. The third kappa shape index (κ3) is 4.60. The molecule has 0 bridgehead atoms. The molecule has 7 heteroatoms. The van der Waals surface area contributed by atoms with Crippen molar-refractivity contribution >= 4 is 28.0 Å². The van der Waals surface area contributed by atoms with E-state index in [-0.39, 0.29) is 5.56 Å². The number of rotatable bonds is 3. The number of likely N-dealkylation sites (tertiary alicyclic amines) is 1. The SMILES string of the molecule is CC(C)(C)OC(=O)N1CCC[C@@H]1Oc1ccc(C(=O)O)c(Br)c1. The Balaban J connectivity index is 2.08. The Morgan fingerprint density at radius 3 is 2.61 bits per heavy atom. The predicted molar refractivity (Wildman–Crippen MR) is 87.7 cm³/mol. The van der Waals surface area contributed by atoms with Crippen molar-refractivity contribution in [3.05, 3.63) is 28.2 Å². The Morgan fingerprint density at radius 2 is 2.04 bits per heavy atom. The largest absolute Gasteiger partial charge is 0.478 e. The summed E-state index contributed by atoms with van der Waals surface area (Å²) in [6, 6.07) is 4.64. The molecule has 1 fully saturated rings. The lowest BCUT2D eigenvalue weighted by Gasteiger charge is -2.28. The molecule has 0 saturated carbocycles. The van der Waals surface area contributed by atoms with Crippen molar-refractivity contribution in [3.63, 3.8) is 0 Å². The van der Waals surface area contributed by atoms with E-state index in [9.17, 15) is 9.59 Å². The zero-order chi connectivity index (χ0) is 17.2. The first-order chi connectivity index (χ1) is 10.7. The average Bonchev–Trinajstić information content (AvgIpc) is 2.84. The molecule has 1 aromatic carbocycles. The number of halogens is 1. The van der Waals surface area contributed by atoms with E-state index in [1.165, 1.54) is 6.07 Å². The summed E-state index contributed by atoms with van der Waals surface area (Å²) in [4.78, 5) is 24.8. The lowest BCUT2D eigenvalue weighted by Crippen LogP contribution is -2.42. The smallest absolute Gasteiger partial charge is 0.413 e. The molecule has 0 aromatic heterocycles. The number of aromatic carboxylic acids is 1. The van der Waals surface area contributed by atoms with E-state index in [1.54, 1.807) is 17.0 Å². The number of nitrogens with zero attached hydrogens (tertiary/aromatic N) is 1. The third-order valence-corrected chi connectivity index (χ3v) is 3.92. The zero-order valence-corrected chi connectivity index (χ0v) is 14.9. The number of benzene rings is 1. The van der Waals surface area contributed by atoms with Crippen molar-refractivity contribution in [1.82, 2.24) is 4.90 Å². The standard InChI is InChI=1S/C16H20BrNO5/c1-16(2,3)23-15(21)18-8-4-5-13(18)22-10-6-7-11(14(19)20)12(17)9-10/h6-7,9,13H,4-5,8H2,1-3H3,(H,19,20)/t13-/m0/s1. The van der Waals surface area contributed by atoms with Gasteiger partial charge in [0.1, 0.15) is 11.4 Å². The maximum atomic E-state index is 12.2. The van der Waals surface area contributed by atoms with Gasteiger partial charge in [-0.15, -0.1) is 0 Å². The van der Waals surface area contributed by atoms with Gasteiger partial charge >= 0.3 is 12.1 Å². The van der Waals surface area contributed by atoms with Crippen LogP contribution >= 0.6 is 15.9 Å². The van der Waals surface area contributed by atoms with Gasteiger partial charge in [0.25, 0.3) is 0 Å². The molecule has 6 nitrogen and oxygen atoms in total. The van der Waals surface area contributed by atoms with Crippen LogP contribution in [-0.4, -0.2) is 40.4 Å². The molecule has 1 aliphatic heterocycles. The lowest BCUT2D eigenvalue weighted by molar-refractivity contribution is -0.00510. The van der Waals surface area contributed by atoms with E-state index in [4.69, 9.17) is 14.6 Å². The number of carbonyl (C=O) groups is 2. The fraction of sp³-hybridized carbons (Fsp3) is 0.500. The second-order valence-corrected chi connectivity index (χ2v) is 7.19. The average molecular weight is 386 g/mol. The van der Waals surface area contributed by atoms with Gasteiger partial charge in [-0.05, 0) is 61.3 Å². The quantitative estimate of drug-likeness (QED) is 0.853. The highest BCUT2D eigenvalue weighted by Crippen LogP contribution is 2.28. The van der Waals surface area contributed by atoms with Crippen LogP contribution in [0.4, 0.5) is 4.79 Å². The number of carboxylic acids is 1. The van der Waals surface area contributed by atoms with Crippen LogP contribution in [0.15, 0.2) is 22.7 Å². The molecule has 1 aromatic rings. The first-order valence-electron chi connectivity index (χ1n) is 7.36. The van der Waals surface area contributed by atoms with Crippen LogP contribution in [0.1, 0.15) is 44.0 Å². The van der Waals surface area contributed by atoms with Gasteiger partial charge in [-0.25, -0.2) is 9.59 Å². The molecule has 0 aliphatic carbocycles. The first-order valence-corrected chi connectivity index (χ1v) is 8.16. The summed E-state index contributed by atoms with van der Waals surface area (Å²) in [5, 5.41) is 9.02. The molecule has 1 N–H and O–H groups in total. The van der Waals surface area contributed by atoms with Crippen LogP contribution < -0.4 is 4.74 Å². The molecular formula is C16H20BrNO5. The first kappa shape index (κ1) is 17.6. The van der Waals surface area contributed by atoms with Crippen LogP contribution in [0.25, 0.3) is 0 Å². The highest BCUT2D eigenvalue weighted by atomic mass is 79.9.